The van der Waals surface area contributed by atoms with E-state index in [0.717, 1.165) is 29.1 Å². The number of aromatic nitrogens is 2. The van der Waals surface area contributed by atoms with E-state index in [2.05, 4.69) is 28.6 Å². The summed E-state index contributed by atoms with van der Waals surface area (Å²) in [5.74, 6) is -0.245. The van der Waals surface area contributed by atoms with E-state index < -0.39 is 0 Å². The van der Waals surface area contributed by atoms with Crippen LogP contribution in [0, 0.1) is 19.7 Å². The van der Waals surface area contributed by atoms with Gasteiger partial charge in [-0.1, -0.05) is 24.3 Å². The molecule has 3 rings (SSSR count). The van der Waals surface area contributed by atoms with Crippen molar-refractivity contribution in [3.8, 4) is 5.69 Å². The Morgan fingerprint density at radius 2 is 1.63 bits per heavy atom. The van der Waals surface area contributed by atoms with Crippen LogP contribution in [0.3, 0.4) is 0 Å². The van der Waals surface area contributed by atoms with Crippen LogP contribution in [0.15, 0.2) is 54.6 Å². The second-order valence-electron chi connectivity index (χ2n) is 6.73. The molecule has 27 heavy (non-hydrogen) atoms. The van der Waals surface area contributed by atoms with Gasteiger partial charge in [-0.05, 0) is 68.1 Å². The van der Waals surface area contributed by atoms with Crippen LogP contribution in [0.4, 0.5) is 4.39 Å². The van der Waals surface area contributed by atoms with E-state index in [-0.39, 0.29) is 11.7 Å². The zero-order chi connectivity index (χ0) is 19.2. The Morgan fingerprint density at radius 1 is 1.00 bits per heavy atom. The lowest BCUT2D eigenvalue weighted by molar-refractivity contribution is -0.121. The Kier molecular flexibility index (Phi) is 6.01. The van der Waals surface area contributed by atoms with Gasteiger partial charge in [0, 0.05) is 18.7 Å². The van der Waals surface area contributed by atoms with Crippen LogP contribution < -0.4 is 5.32 Å². The smallest absolute Gasteiger partial charge is 0.220 e. The maximum Gasteiger partial charge on any atom is 0.220 e. The number of amides is 1. The number of halogens is 1. The normalized spacial score (nSPS) is 10.8. The Labute approximate surface area is 159 Å². The van der Waals surface area contributed by atoms with Crippen LogP contribution in [0.1, 0.15) is 28.9 Å². The van der Waals surface area contributed by atoms with Gasteiger partial charge in [-0.2, -0.15) is 5.10 Å². The fourth-order valence-electron chi connectivity index (χ4n) is 3.04. The zero-order valence-electron chi connectivity index (χ0n) is 15.7. The van der Waals surface area contributed by atoms with Crippen LogP contribution >= 0.6 is 0 Å². The molecule has 0 atom stereocenters. The molecule has 0 saturated carbocycles. The summed E-state index contributed by atoms with van der Waals surface area (Å²) in [4.78, 5) is 12.0. The molecule has 0 saturated heterocycles. The van der Waals surface area contributed by atoms with Gasteiger partial charge in [0.25, 0.3) is 0 Å². The van der Waals surface area contributed by atoms with Crippen molar-refractivity contribution >= 4 is 5.91 Å². The molecule has 1 amide bonds. The monoisotopic (exact) mass is 365 g/mol. The zero-order valence-corrected chi connectivity index (χ0v) is 15.7. The highest BCUT2D eigenvalue weighted by Crippen LogP contribution is 2.13. The fourth-order valence-corrected chi connectivity index (χ4v) is 3.04. The number of rotatable bonds is 7. The van der Waals surface area contributed by atoms with Crippen LogP contribution in [-0.2, 0) is 17.6 Å². The highest BCUT2D eigenvalue weighted by Gasteiger charge is 2.05. The third kappa shape index (κ3) is 5.26. The molecule has 4 nitrogen and oxygen atoms in total. The largest absolute Gasteiger partial charge is 0.356 e. The van der Waals surface area contributed by atoms with Crippen molar-refractivity contribution in [3.05, 3.63) is 82.9 Å². The number of hydrogen-bond acceptors (Lipinski definition) is 2. The molecule has 0 aliphatic rings. The fraction of sp³-hybridized carbons (Fsp3) is 0.273. The van der Waals surface area contributed by atoms with E-state index in [0.29, 0.717) is 19.4 Å². The van der Waals surface area contributed by atoms with E-state index in [1.807, 2.05) is 30.7 Å². The molecule has 0 aliphatic heterocycles. The van der Waals surface area contributed by atoms with Crippen molar-refractivity contribution in [2.45, 2.75) is 33.1 Å². The number of benzene rings is 2. The van der Waals surface area contributed by atoms with Crippen LogP contribution in [0.2, 0.25) is 0 Å². The van der Waals surface area contributed by atoms with Gasteiger partial charge < -0.3 is 5.32 Å². The summed E-state index contributed by atoms with van der Waals surface area (Å²) in [5, 5.41) is 7.43. The molecule has 5 heteroatoms. The Balaban J connectivity index is 1.44. The molecule has 1 heterocycles. The average Bonchev–Trinajstić information content (AvgIpc) is 3.00. The Bertz CT molecular complexity index is 898. The first-order valence-electron chi connectivity index (χ1n) is 9.15. The standard InChI is InChI=1S/C22H24FN3O/c1-16-15-17(2)26(25-16)21-10-5-19(6-11-21)13-14-24-22(27)12-7-18-3-8-20(23)9-4-18/h3-6,8-11,15H,7,12-14H2,1-2H3,(H,24,27). The molecule has 3 aromatic rings. The first-order chi connectivity index (χ1) is 13.0. The molecule has 0 radical (unpaired) electrons. The van der Waals surface area contributed by atoms with Gasteiger partial charge >= 0.3 is 0 Å². The van der Waals surface area contributed by atoms with Gasteiger partial charge in [-0.15, -0.1) is 0 Å². The van der Waals surface area contributed by atoms with Gasteiger partial charge in [0.05, 0.1) is 11.4 Å². The van der Waals surface area contributed by atoms with E-state index in [4.69, 9.17) is 0 Å². The molecule has 0 unspecified atom stereocenters. The minimum absolute atomic E-state index is 0.0126. The van der Waals surface area contributed by atoms with Crippen molar-refractivity contribution in [3.63, 3.8) is 0 Å². The van der Waals surface area contributed by atoms with Crippen molar-refractivity contribution in [1.29, 1.82) is 0 Å². The molecule has 0 bridgehead atoms. The first-order valence-corrected chi connectivity index (χ1v) is 9.15. The number of aryl methyl sites for hydroxylation is 3. The summed E-state index contributed by atoms with van der Waals surface area (Å²) in [6.45, 7) is 4.62. The van der Waals surface area contributed by atoms with E-state index in [1.54, 1.807) is 12.1 Å². The summed E-state index contributed by atoms with van der Waals surface area (Å²) >= 11 is 0. The highest BCUT2D eigenvalue weighted by atomic mass is 19.1. The lowest BCUT2D eigenvalue weighted by Crippen LogP contribution is -2.25. The minimum Gasteiger partial charge on any atom is -0.356 e. The molecule has 140 valence electrons. The number of nitrogens with one attached hydrogen (secondary N) is 1. The summed E-state index contributed by atoms with van der Waals surface area (Å²) in [6, 6.07) is 16.5. The number of hydrogen-bond donors (Lipinski definition) is 1. The molecular formula is C22H24FN3O. The lowest BCUT2D eigenvalue weighted by atomic mass is 10.1. The molecule has 0 spiro atoms. The van der Waals surface area contributed by atoms with Gasteiger partial charge in [-0.3, -0.25) is 4.79 Å². The van der Waals surface area contributed by atoms with Crippen LogP contribution in [-0.4, -0.2) is 22.2 Å². The molecule has 1 aromatic heterocycles. The van der Waals surface area contributed by atoms with E-state index >= 15 is 0 Å². The first kappa shape index (κ1) is 18.8. The summed E-state index contributed by atoms with van der Waals surface area (Å²) < 4.78 is 14.8. The molecular weight excluding hydrogens is 341 g/mol. The van der Waals surface area contributed by atoms with Crippen molar-refractivity contribution < 1.29 is 9.18 Å². The quantitative estimate of drug-likeness (QED) is 0.690. The summed E-state index contributed by atoms with van der Waals surface area (Å²) in [7, 11) is 0. The lowest BCUT2D eigenvalue weighted by Gasteiger charge is -2.08. The summed E-state index contributed by atoms with van der Waals surface area (Å²) in [5.41, 5.74) is 5.27. The predicted molar refractivity (Wildman–Crippen MR) is 104 cm³/mol. The van der Waals surface area contributed by atoms with Gasteiger partial charge in [-0.25, -0.2) is 9.07 Å². The minimum atomic E-state index is -0.257. The molecule has 0 fully saturated rings. The van der Waals surface area contributed by atoms with Gasteiger partial charge in [0.2, 0.25) is 5.91 Å². The SMILES string of the molecule is Cc1cc(C)n(-c2ccc(CCNC(=O)CCc3ccc(F)cc3)cc2)n1. The van der Waals surface area contributed by atoms with E-state index in [9.17, 15) is 9.18 Å². The van der Waals surface area contributed by atoms with E-state index in [1.165, 1.54) is 17.7 Å². The maximum absolute atomic E-state index is 12.9. The second kappa shape index (κ2) is 8.62. The second-order valence-corrected chi connectivity index (χ2v) is 6.73. The third-order valence-electron chi connectivity index (χ3n) is 4.48. The average molecular weight is 365 g/mol. The van der Waals surface area contributed by atoms with Gasteiger partial charge in [0.1, 0.15) is 5.82 Å². The van der Waals surface area contributed by atoms with Crippen LogP contribution in [0.5, 0.6) is 0 Å². The van der Waals surface area contributed by atoms with Gasteiger partial charge in [0.15, 0.2) is 0 Å². The van der Waals surface area contributed by atoms with Crippen molar-refractivity contribution in [1.82, 2.24) is 15.1 Å². The highest BCUT2D eigenvalue weighted by molar-refractivity contribution is 5.76. The predicted octanol–water partition coefficient (Wildman–Crippen LogP) is 3.92. The number of carbonyl (C=O) groups excluding carboxylic acids is 1. The molecule has 0 aliphatic carbocycles. The van der Waals surface area contributed by atoms with Crippen LogP contribution in [0.25, 0.3) is 5.69 Å². The third-order valence-corrected chi connectivity index (χ3v) is 4.48. The number of nitrogens with zero attached hydrogens (tertiary/aromatic N) is 2. The topological polar surface area (TPSA) is 46.9 Å². The molecule has 1 N–H and O–H groups in total. The molecule has 2 aromatic carbocycles. The maximum atomic E-state index is 12.9. The Hall–Kier alpha value is -2.95. The number of carbonyl (C=O) groups is 1. The summed E-state index contributed by atoms with van der Waals surface area (Å²) in [6.07, 6.45) is 1.80. The van der Waals surface area contributed by atoms with Crippen molar-refractivity contribution in [2.75, 3.05) is 6.54 Å². The Morgan fingerprint density at radius 3 is 2.26 bits per heavy atom. The van der Waals surface area contributed by atoms with Crippen molar-refractivity contribution in [2.24, 2.45) is 0 Å².